The van der Waals surface area contributed by atoms with Gasteiger partial charge < -0.3 is 5.11 Å². The SMILES string of the molecule is CC(c1ccccn1)n1nc(C=O)cc1C(=O)O. The van der Waals surface area contributed by atoms with Crippen molar-refractivity contribution in [3.05, 3.63) is 47.5 Å². The third-order valence-corrected chi connectivity index (χ3v) is 2.58. The highest BCUT2D eigenvalue weighted by Crippen LogP contribution is 2.17. The molecule has 1 N–H and O–H groups in total. The third kappa shape index (κ3) is 2.13. The van der Waals surface area contributed by atoms with Gasteiger partial charge in [-0.3, -0.25) is 9.78 Å². The van der Waals surface area contributed by atoms with Gasteiger partial charge in [-0.25, -0.2) is 9.48 Å². The molecule has 92 valence electrons. The van der Waals surface area contributed by atoms with Gasteiger partial charge in [0, 0.05) is 12.3 Å². The molecule has 2 heterocycles. The van der Waals surface area contributed by atoms with Crippen molar-refractivity contribution in [2.24, 2.45) is 0 Å². The van der Waals surface area contributed by atoms with E-state index in [-0.39, 0.29) is 17.4 Å². The van der Waals surface area contributed by atoms with Gasteiger partial charge in [-0.05, 0) is 19.1 Å². The summed E-state index contributed by atoms with van der Waals surface area (Å²) >= 11 is 0. The van der Waals surface area contributed by atoms with Crippen LogP contribution >= 0.6 is 0 Å². The van der Waals surface area contributed by atoms with Crippen LogP contribution in [0, 0.1) is 0 Å². The van der Waals surface area contributed by atoms with E-state index >= 15 is 0 Å². The highest BCUT2D eigenvalue weighted by atomic mass is 16.4. The van der Waals surface area contributed by atoms with Crippen molar-refractivity contribution < 1.29 is 14.7 Å². The highest BCUT2D eigenvalue weighted by molar-refractivity contribution is 5.88. The number of hydrogen-bond acceptors (Lipinski definition) is 4. The first-order valence-corrected chi connectivity index (χ1v) is 5.32. The van der Waals surface area contributed by atoms with E-state index in [1.807, 2.05) is 6.07 Å². The topological polar surface area (TPSA) is 85.1 Å². The normalized spacial score (nSPS) is 12.1. The number of aromatic carboxylic acids is 1. The van der Waals surface area contributed by atoms with E-state index in [1.54, 1.807) is 25.3 Å². The van der Waals surface area contributed by atoms with Gasteiger partial charge >= 0.3 is 5.97 Å². The molecule has 6 heteroatoms. The molecule has 1 unspecified atom stereocenters. The Morgan fingerprint density at radius 1 is 1.50 bits per heavy atom. The third-order valence-electron chi connectivity index (χ3n) is 2.58. The molecular formula is C12H11N3O3. The standard InChI is InChI=1S/C12H11N3O3/c1-8(10-4-2-3-5-13-10)15-11(12(17)18)6-9(7-16)14-15/h2-8H,1H3,(H,17,18). The van der Waals surface area contributed by atoms with E-state index in [2.05, 4.69) is 10.1 Å². The van der Waals surface area contributed by atoms with Crippen LogP contribution in [-0.2, 0) is 0 Å². The van der Waals surface area contributed by atoms with Crippen LogP contribution in [0.15, 0.2) is 30.5 Å². The Labute approximate surface area is 103 Å². The summed E-state index contributed by atoms with van der Waals surface area (Å²) in [6, 6.07) is 6.25. The minimum atomic E-state index is -1.13. The number of carbonyl (C=O) groups excluding carboxylic acids is 1. The molecule has 2 rings (SSSR count). The van der Waals surface area contributed by atoms with Gasteiger partial charge in [-0.15, -0.1) is 0 Å². The predicted molar refractivity (Wildman–Crippen MR) is 62.6 cm³/mol. The number of carboxylic acid groups (broad SMARTS) is 1. The van der Waals surface area contributed by atoms with Gasteiger partial charge in [-0.1, -0.05) is 6.07 Å². The van der Waals surface area contributed by atoms with E-state index in [0.29, 0.717) is 12.0 Å². The summed E-state index contributed by atoms with van der Waals surface area (Å²) in [5.41, 5.74) is 0.742. The van der Waals surface area contributed by atoms with Crippen LogP contribution in [0.2, 0.25) is 0 Å². The van der Waals surface area contributed by atoms with E-state index in [4.69, 9.17) is 5.11 Å². The largest absolute Gasteiger partial charge is 0.477 e. The van der Waals surface area contributed by atoms with Crippen molar-refractivity contribution in [1.82, 2.24) is 14.8 Å². The van der Waals surface area contributed by atoms with Gasteiger partial charge in [0.2, 0.25) is 0 Å². The number of rotatable bonds is 4. The maximum absolute atomic E-state index is 11.1. The summed E-state index contributed by atoms with van der Waals surface area (Å²) in [6.07, 6.45) is 2.14. The fraction of sp³-hybridized carbons (Fsp3) is 0.167. The van der Waals surface area contributed by atoms with Gasteiger partial charge in [0.25, 0.3) is 0 Å². The molecule has 0 aliphatic carbocycles. The molecule has 0 saturated carbocycles. The average molecular weight is 245 g/mol. The minimum absolute atomic E-state index is 0.0322. The van der Waals surface area contributed by atoms with Gasteiger partial charge in [0.15, 0.2) is 6.29 Å². The molecule has 6 nitrogen and oxygen atoms in total. The molecule has 0 aromatic carbocycles. The van der Waals surface area contributed by atoms with Crippen molar-refractivity contribution in [1.29, 1.82) is 0 Å². The van der Waals surface area contributed by atoms with Crippen LogP contribution in [-0.4, -0.2) is 32.1 Å². The Balaban J connectivity index is 2.47. The molecule has 0 aliphatic heterocycles. The number of hydrogen-bond donors (Lipinski definition) is 1. The Hall–Kier alpha value is -2.50. The number of carbonyl (C=O) groups is 2. The van der Waals surface area contributed by atoms with Crippen LogP contribution in [0.4, 0.5) is 0 Å². The quantitative estimate of drug-likeness (QED) is 0.823. The predicted octanol–water partition coefficient (Wildman–Crippen LogP) is 1.40. The summed E-state index contributed by atoms with van der Waals surface area (Å²) in [5.74, 6) is -1.13. The molecule has 0 bridgehead atoms. The zero-order chi connectivity index (χ0) is 13.1. The monoisotopic (exact) mass is 245 g/mol. The Morgan fingerprint density at radius 3 is 2.83 bits per heavy atom. The molecule has 2 aromatic rings. The Kier molecular flexibility index (Phi) is 3.18. The van der Waals surface area contributed by atoms with Crippen LogP contribution in [0.5, 0.6) is 0 Å². The maximum Gasteiger partial charge on any atom is 0.354 e. The van der Waals surface area contributed by atoms with Gasteiger partial charge in [0.1, 0.15) is 11.4 Å². The lowest BCUT2D eigenvalue weighted by atomic mass is 10.2. The molecule has 2 aromatic heterocycles. The lowest BCUT2D eigenvalue weighted by molar-refractivity contribution is 0.0681. The summed E-state index contributed by atoms with van der Waals surface area (Å²) in [5, 5.41) is 13.0. The summed E-state index contributed by atoms with van der Waals surface area (Å²) in [6.45, 7) is 1.77. The number of aldehydes is 1. The van der Waals surface area contributed by atoms with E-state index in [1.165, 1.54) is 10.7 Å². The average Bonchev–Trinajstić information content (AvgIpc) is 2.83. The summed E-state index contributed by atoms with van der Waals surface area (Å²) in [7, 11) is 0. The van der Waals surface area contributed by atoms with Crippen LogP contribution < -0.4 is 0 Å². The fourth-order valence-electron chi connectivity index (χ4n) is 1.67. The van der Waals surface area contributed by atoms with Gasteiger partial charge in [-0.2, -0.15) is 5.10 Å². The molecule has 0 saturated heterocycles. The molecule has 0 radical (unpaired) electrons. The van der Waals surface area contributed by atoms with Crippen molar-refractivity contribution >= 4 is 12.3 Å². The molecular weight excluding hydrogens is 234 g/mol. The number of carboxylic acids is 1. The minimum Gasteiger partial charge on any atom is -0.477 e. The second-order valence-electron chi connectivity index (χ2n) is 3.75. The molecule has 18 heavy (non-hydrogen) atoms. The molecule has 0 spiro atoms. The van der Waals surface area contributed by atoms with Crippen molar-refractivity contribution in [2.75, 3.05) is 0 Å². The second-order valence-corrected chi connectivity index (χ2v) is 3.75. The maximum atomic E-state index is 11.1. The summed E-state index contributed by atoms with van der Waals surface area (Å²) in [4.78, 5) is 25.9. The van der Waals surface area contributed by atoms with Gasteiger partial charge in [0.05, 0.1) is 11.7 Å². The van der Waals surface area contributed by atoms with Crippen LogP contribution in [0.25, 0.3) is 0 Å². The Bertz CT molecular complexity index is 578. The van der Waals surface area contributed by atoms with Crippen molar-refractivity contribution in [3.8, 4) is 0 Å². The number of aromatic nitrogens is 3. The lowest BCUT2D eigenvalue weighted by Crippen LogP contribution is -2.16. The molecule has 0 amide bonds. The smallest absolute Gasteiger partial charge is 0.354 e. The van der Waals surface area contributed by atoms with Crippen LogP contribution in [0.1, 0.15) is 39.6 Å². The van der Waals surface area contributed by atoms with E-state index in [9.17, 15) is 9.59 Å². The van der Waals surface area contributed by atoms with Crippen LogP contribution in [0.3, 0.4) is 0 Å². The van der Waals surface area contributed by atoms with E-state index < -0.39 is 5.97 Å². The second kappa shape index (κ2) is 4.79. The number of pyridine rings is 1. The zero-order valence-corrected chi connectivity index (χ0v) is 9.65. The van der Waals surface area contributed by atoms with Crippen molar-refractivity contribution in [2.45, 2.75) is 13.0 Å². The molecule has 1 atom stereocenters. The summed E-state index contributed by atoms with van der Waals surface area (Å²) < 4.78 is 1.29. The zero-order valence-electron chi connectivity index (χ0n) is 9.65. The highest BCUT2D eigenvalue weighted by Gasteiger charge is 2.19. The Morgan fingerprint density at radius 2 is 2.28 bits per heavy atom. The fourth-order valence-corrected chi connectivity index (χ4v) is 1.67. The molecule has 0 fully saturated rings. The number of nitrogens with zero attached hydrogens (tertiary/aromatic N) is 3. The van der Waals surface area contributed by atoms with Crippen molar-refractivity contribution in [3.63, 3.8) is 0 Å². The van der Waals surface area contributed by atoms with E-state index in [0.717, 1.165) is 0 Å². The first-order valence-electron chi connectivity index (χ1n) is 5.32. The molecule has 0 aliphatic rings. The first-order chi connectivity index (χ1) is 8.63. The first kappa shape index (κ1) is 12.0. The lowest BCUT2D eigenvalue weighted by Gasteiger charge is -2.13.